The van der Waals surface area contributed by atoms with Crippen LogP contribution in [-0.2, 0) is 0 Å². The van der Waals surface area contributed by atoms with E-state index in [1.807, 2.05) is 0 Å². The lowest BCUT2D eigenvalue weighted by atomic mass is 10.2. The van der Waals surface area contributed by atoms with Crippen molar-refractivity contribution >= 4 is 0 Å². The Morgan fingerprint density at radius 3 is 0.560 bits per heavy atom. The first-order valence-corrected chi connectivity index (χ1v) is 12.1. The Balaban J connectivity index is -0.0000000687. The zero-order chi connectivity index (χ0) is 20.6. The van der Waals surface area contributed by atoms with Gasteiger partial charge in [0.1, 0.15) is 0 Å². The summed E-state index contributed by atoms with van der Waals surface area (Å²) in [5.41, 5.74) is 0. The maximum absolute atomic E-state index is 2.25. The van der Waals surface area contributed by atoms with Crippen molar-refractivity contribution in [1.29, 1.82) is 0 Å². The summed E-state index contributed by atoms with van der Waals surface area (Å²) < 4.78 is 0. The van der Waals surface area contributed by atoms with Crippen molar-refractivity contribution in [2.45, 2.75) is 166 Å². The summed E-state index contributed by atoms with van der Waals surface area (Å²) in [5.74, 6) is 0. The van der Waals surface area contributed by atoms with Crippen LogP contribution >= 0.6 is 0 Å². The van der Waals surface area contributed by atoms with Crippen LogP contribution in [0.1, 0.15) is 166 Å². The van der Waals surface area contributed by atoms with E-state index >= 15 is 0 Å². The van der Waals surface area contributed by atoms with Crippen LogP contribution in [-0.4, -0.2) is 0 Å². The third-order valence-electron chi connectivity index (χ3n) is 3.37. The predicted molar refractivity (Wildman–Crippen MR) is 126 cm³/mol. The van der Waals surface area contributed by atoms with E-state index in [1.54, 1.807) is 0 Å². The minimum absolute atomic E-state index is 1.25. The van der Waals surface area contributed by atoms with Crippen LogP contribution in [0.3, 0.4) is 0 Å². The van der Waals surface area contributed by atoms with Gasteiger partial charge in [-0.25, -0.2) is 0 Å². The van der Waals surface area contributed by atoms with Crippen molar-refractivity contribution in [3.63, 3.8) is 0 Å². The lowest BCUT2D eigenvalue weighted by Gasteiger charge is -1.90. The van der Waals surface area contributed by atoms with Gasteiger partial charge in [0, 0.05) is 0 Å². The first kappa shape index (κ1) is 36.0. The molecule has 0 nitrogen and oxygen atoms in total. The molecule has 0 aromatic carbocycles. The van der Waals surface area contributed by atoms with Crippen molar-refractivity contribution < 1.29 is 0 Å². The molecule has 0 aromatic heterocycles. The molecule has 0 fully saturated rings. The Hall–Kier alpha value is 0. The quantitative estimate of drug-likeness (QED) is 0.340. The molecule has 25 heavy (non-hydrogen) atoms. The number of rotatable bonds is 10. The zero-order valence-corrected chi connectivity index (χ0v) is 20.6. The van der Waals surface area contributed by atoms with Gasteiger partial charge in [0.05, 0.1) is 0 Å². The van der Waals surface area contributed by atoms with E-state index < -0.39 is 0 Å². The van der Waals surface area contributed by atoms with Crippen LogP contribution in [0, 0.1) is 0 Å². The van der Waals surface area contributed by atoms with Gasteiger partial charge in [-0.2, -0.15) is 0 Å². The molecule has 0 spiro atoms. The summed E-state index contributed by atoms with van der Waals surface area (Å²) in [6, 6.07) is 0. The molecule has 0 N–H and O–H groups in total. The zero-order valence-electron chi connectivity index (χ0n) is 20.6. The second kappa shape index (κ2) is 56.4. The summed E-state index contributed by atoms with van der Waals surface area (Å²) in [6.45, 7) is 22.0. The van der Waals surface area contributed by atoms with Crippen molar-refractivity contribution in [3.05, 3.63) is 0 Å². The smallest absolute Gasteiger partial charge is 0.0533 e. The van der Waals surface area contributed by atoms with Gasteiger partial charge in [0.25, 0.3) is 0 Å². The van der Waals surface area contributed by atoms with Crippen molar-refractivity contribution in [1.82, 2.24) is 0 Å². The van der Waals surface area contributed by atoms with Crippen LogP contribution in [0.2, 0.25) is 0 Å². The van der Waals surface area contributed by atoms with Crippen LogP contribution in [0.15, 0.2) is 0 Å². The van der Waals surface area contributed by atoms with E-state index in [-0.39, 0.29) is 0 Å². The number of hydrogen-bond donors (Lipinski definition) is 0. The minimum atomic E-state index is 1.25. The molecule has 160 valence electrons. The number of unbranched alkanes of at least 4 members (excludes halogenated alkanes) is 10. The molecule has 0 radical (unpaired) electrons. The fourth-order valence-corrected chi connectivity index (χ4v) is 1.53. The molecule has 0 heteroatoms. The first-order valence-electron chi connectivity index (χ1n) is 12.1. The molecule has 0 saturated heterocycles. The second-order valence-electron chi connectivity index (χ2n) is 6.83. The standard InChI is InChI=1S/C7H16.C6H14.C5H12.C4H10.C3H8/c1-3-5-7-6-4-2;1-3-5-6-4-2;1-3-5-4-2;1-3-4-2;1-3-2/h3-7H2,1-2H3;3-6H2,1-2H3;3-5H2,1-2H3;3-4H2,1-2H3;3H2,1-2H3. The van der Waals surface area contributed by atoms with Gasteiger partial charge in [-0.05, 0) is 0 Å². The molecule has 0 aliphatic heterocycles. The van der Waals surface area contributed by atoms with E-state index in [1.165, 1.54) is 96.3 Å². The van der Waals surface area contributed by atoms with E-state index in [0.717, 1.165) is 0 Å². The maximum atomic E-state index is 2.25. The van der Waals surface area contributed by atoms with E-state index in [9.17, 15) is 0 Å². The highest BCUT2D eigenvalue weighted by Gasteiger charge is 1.80. The number of hydrogen-bond acceptors (Lipinski definition) is 0. The van der Waals surface area contributed by atoms with Gasteiger partial charge in [0.2, 0.25) is 0 Å². The fourth-order valence-electron chi connectivity index (χ4n) is 1.53. The minimum Gasteiger partial charge on any atom is -0.0656 e. The molecule has 0 aliphatic rings. The van der Waals surface area contributed by atoms with Crippen LogP contribution in [0.5, 0.6) is 0 Å². The first-order chi connectivity index (χ1) is 12.1. The van der Waals surface area contributed by atoms with Crippen LogP contribution in [0.25, 0.3) is 0 Å². The highest BCUT2D eigenvalue weighted by Crippen LogP contribution is 2.00. The summed E-state index contributed by atoms with van der Waals surface area (Å²) in [4.78, 5) is 0. The summed E-state index contributed by atoms with van der Waals surface area (Å²) in [6.07, 6.45) is 20.5. The summed E-state index contributed by atoms with van der Waals surface area (Å²) in [7, 11) is 0. The van der Waals surface area contributed by atoms with Crippen LogP contribution < -0.4 is 0 Å². The van der Waals surface area contributed by atoms with Crippen LogP contribution in [0.4, 0.5) is 0 Å². The molecular formula is C25H60. The molecule has 0 aromatic rings. The molecule has 0 heterocycles. The molecular weight excluding hydrogens is 300 g/mol. The van der Waals surface area contributed by atoms with Gasteiger partial charge in [-0.1, -0.05) is 166 Å². The normalized spacial score (nSPS) is 8.40. The Labute approximate surface area is 166 Å². The lowest BCUT2D eigenvalue weighted by molar-refractivity contribution is 0.656. The molecule has 0 saturated carbocycles. The predicted octanol–water partition coefficient (Wildman–Crippen LogP) is 11.0. The van der Waals surface area contributed by atoms with Gasteiger partial charge < -0.3 is 0 Å². The molecule has 0 atom stereocenters. The summed E-state index contributed by atoms with van der Waals surface area (Å²) >= 11 is 0. The van der Waals surface area contributed by atoms with Gasteiger partial charge in [0.15, 0.2) is 0 Å². The Morgan fingerprint density at radius 2 is 0.440 bits per heavy atom. The highest BCUT2D eigenvalue weighted by molar-refractivity contribution is 4.36. The molecule has 0 unspecified atom stereocenters. The molecule has 0 rings (SSSR count). The Kier molecular flexibility index (Phi) is 81.3. The average molecular weight is 361 g/mol. The van der Waals surface area contributed by atoms with Gasteiger partial charge >= 0.3 is 0 Å². The highest BCUT2D eigenvalue weighted by atomic mass is 13.9. The van der Waals surface area contributed by atoms with Crippen molar-refractivity contribution in [2.75, 3.05) is 0 Å². The lowest BCUT2D eigenvalue weighted by Crippen LogP contribution is -1.70. The average Bonchev–Trinajstić information content (AvgIpc) is 2.63. The largest absolute Gasteiger partial charge is 0.0656 e. The maximum Gasteiger partial charge on any atom is -0.0533 e. The van der Waals surface area contributed by atoms with E-state index in [4.69, 9.17) is 0 Å². The fraction of sp³-hybridized carbons (Fsp3) is 1.00. The van der Waals surface area contributed by atoms with Gasteiger partial charge in [-0.15, -0.1) is 0 Å². The molecule has 0 aliphatic carbocycles. The third-order valence-corrected chi connectivity index (χ3v) is 3.37. The van der Waals surface area contributed by atoms with E-state index in [0.29, 0.717) is 0 Å². The molecule has 0 amide bonds. The van der Waals surface area contributed by atoms with E-state index in [2.05, 4.69) is 69.2 Å². The van der Waals surface area contributed by atoms with Crippen molar-refractivity contribution in [3.8, 4) is 0 Å². The van der Waals surface area contributed by atoms with Gasteiger partial charge in [-0.3, -0.25) is 0 Å². The third kappa shape index (κ3) is 116. The van der Waals surface area contributed by atoms with Crippen molar-refractivity contribution in [2.24, 2.45) is 0 Å². The summed E-state index contributed by atoms with van der Waals surface area (Å²) in [5, 5.41) is 0. The molecule has 0 bridgehead atoms. The monoisotopic (exact) mass is 360 g/mol. The topological polar surface area (TPSA) is 0 Å². The Morgan fingerprint density at radius 1 is 0.240 bits per heavy atom. The SMILES string of the molecule is CCC.CCCC.CCCCC.CCCCCC.CCCCCCC. The Bertz CT molecular complexity index is 105. The second-order valence-corrected chi connectivity index (χ2v) is 6.83.